The van der Waals surface area contributed by atoms with Crippen molar-refractivity contribution >= 4 is 55.0 Å². The molecular weight excluding hydrogens is 540 g/mol. The lowest BCUT2D eigenvalue weighted by Gasteiger charge is -2.14. The van der Waals surface area contributed by atoms with E-state index in [1.165, 1.54) is 12.1 Å². The molecule has 2 heterocycles. The van der Waals surface area contributed by atoms with E-state index in [1.807, 2.05) is 48.5 Å². The number of rotatable bonds is 11. The average molecular weight is 571 g/mol. The summed E-state index contributed by atoms with van der Waals surface area (Å²) in [7, 11) is 0. The Kier molecular flexibility index (Phi) is 8.04. The molecule has 0 radical (unpaired) electrons. The van der Waals surface area contributed by atoms with Crippen LogP contribution in [0.5, 0.6) is 0 Å². The van der Waals surface area contributed by atoms with Crippen molar-refractivity contribution in [3.05, 3.63) is 96.1 Å². The predicted octanol–water partition coefficient (Wildman–Crippen LogP) is 9.51. The second-order valence-corrected chi connectivity index (χ2v) is 10.6. The predicted molar refractivity (Wildman–Crippen MR) is 163 cm³/mol. The number of unbranched alkanes of at least 4 members (excludes halogenated alkanes) is 5. The lowest BCUT2D eigenvalue weighted by molar-refractivity contribution is 0.590. The van der Waals surface area contributed by atoms with E-state index < -0.39 is 23.3 Å². The quantitative estimate of drug-likeness (QED) is 0.0925. The molecule has 6 aromatic rings. The summed E-state index contributed by atoms with van der Waals surface area (Å²) < 4.78 is 57.0. The Labute approximate surface area is 240 Å². The van der Waals surface area contributed by atoms with Crippen LogP contribution in [-0.4, -0.2) is 23.1 Å². The highest BCUT2D eigenvalue weighted by Crippen LogP contribution is 2.34. The smallest absolute Gasteiger partial charge is 0.152 e. The molecule has 0 aliphatic heterocycles. The number of para-hydroxylation sites is 2. The third-order valence-corrected chi connectivity index (χ3v) is 7.61. The van der Waals surface area contributed by atoms with Crippen molar-refractivity contribution in [2.45, 2.75) is 38.5 Å². The van der Waals surface area contributed by atoms with Crippen molar-refractivity contribution in [2.75, 3.05) is 23.7 Å². The van der Waals surface area contributed by atoms with Gasteiger partial charge in [0.15, 0.2) is 11.6 Å². The summed E-state index contributed by atoms with van der Waals surface area (Å²) in [5.74, 6) is -2.59. The number of anilines is 2. The van der Waals surface area contributed by atoms with Crippen LogP contribution in [0.25, 0.3) is 43.6 Å². The molecule has 4 nitrogen and oxygen atoms in total. The second-order valence-electron chi connectivity index (χ2n) is 10.6. The number of aromatic nitrogens is 2. The van der Waals surface area contributed by atoms with E-state index in [0.717, 1.165) is 61.4 Å². The second kappa shape index (κ2) is 12.2. The van der Waals surface area contributed by atoms with Crippen molar-refractivity contribution in [2.24, 2.45) is 0 Å². The molecule has 0 aliphatic carbocycles. The molecule has 214 valence electrons. The third-order valence-electron chi connectivity index (χ3n) is 7.61. The van der Waals surface area contributed by atoms with Crippen LogP contribution in [0.2, 0.25) is 0 Å². The highest BCUT2D eigenvalue weighted by molar-refractivity contribution is 6.08. The zero-order valence-electron chi connectivity index (χ0n) is 23.0. The molecule has 0 fully saturated rings. The number of hydrogen-bond acceptors (Lipinski definition) is 4. The van der Waals surface area contributed by atoms with E-state index in [0.29, 0.717) is 46.3 Å². The number of fused-ring (bicyclic) bond motifs is 4. The van der Waals surface area contributed by atoms with Gasteiger partial charge in [-0.05, 0) is 37.1 Å². The van der Waals surface area contributed by atoms with Gasteiger partial charge in [0.2, 0.25) is 0 Å². The molecule has 0 amide bonds. The molecule has 8 heteroatoms. The van der Waals surface area contributed by atoms with Crippen LogP contribution >= 0.6 is 0 Å². The fraction of sp³-hybridized carbons (Fsp3) is 0.235. The Morgan fingerprint density at radius 3 is 1.33 bits per heavy atom. The fourth-order valence-electron chi connectivity index (χ4n) is 5.60. The molecule has 0 aliphatic rings. The van der Waals surface area contributed by atoms with Gasteiger partial charge in [-0.15, -0.1) is 0 Å². The van der Waals surface area contributed by atoms with E-state index in [4.69, 9.17) is 0 Å². The SMILES string of the molecule is Fc1cc(F)c2nc3ccccc3c(NCCCCCCCCNc3c4ccccc4nc4c(F)cc(F)cc34)c2c1. The van der Waals surface area contributed by atoms with Gasteiger partial charge in [0.1, 0.15) is 22.7 Å². The lowest BCUT2D eigenvalue weighted by atomic mass is 10.1. The Balaban J connectivity index is 1.00. The van der Waals surface area contributed by atoms with Gasteiger partial charge in [-0.2, -0.15) is 0 Å². The van der Waals surface area contributed by atoms with Crippen LogP contribution in [-0.2, 0) is 0 Å². The van der Waals surface area contributed by atoms with Crippen LogP contribution in [0.1, 0.15) is 38.5 Å². The average Bonchev–Trinajstić information content (AvgIpc) is 2.98. The highest BCUT2D eigenvalue weighted by atomic mass is 19.1. The largest absolute Gasteiger partial charge is 0.384 e. The topological polar surface area (TPSA) is 49.8 Å². The van der Waals surface area contributed by atoms with Gasteiger partial charge in [0.05, 0.1) is 22.4 Å². The monoisotopic (exact) mass is 570 g/mol. The first-order valence-electron chi connectivity index (χ1n) is 14.3. The van der Waals surface area contributed by atoms with E-state index in [2.05, 4.69) is 20.6 Å². The van der Waals surface area contributed by atoms with Crippen LogP contribution in [0.15, 0.2) is 72.8 Å². The Bertz CT molecular complexity index is 1770. The van der Waals surface area contributed by atoms with E-state index in [-0.39, 0.29) is 11.0 Å². The Morgan fingerprint density at radius 1 is 0.476 bits per heavy atom. The third kappa shape index (κ3) is 5.66. The van der Waals surface area contributed by atoms with Gasteiger partial charge >= 0.3 is 0 Å². The van der Waals surface area contributed by atoms with Crippen molar-refractivity contribution in [3.8, 4) is 0 Å². The molecule has 0 bridgehead atoms. The zero-order chi connectivity index (χ0) is 29.1. The van der Waals surface area contributed by atoms with Gasteiger partial charge in [0, 0.05) is 46.8 Å². The van der Waals surface area contributed by atoms with E-state index in [9.17, 15) is 17.6 Å². The molecule has 0 atom stereocenters. The minimum absolute atomic E-state index is 0.161. The summed E-state index contributed by atoms with van der Waals surface area (Å²) >= 11 is 0. The summed E-state index contributed by atoms with van der Waals surface area (Å²) in [5.41, 5.74) is 3.06. The fourth-order valence-corrected chi connectivity index (χ4v) is 5.60. The Morgan fingerprint density at radius 2 is 0.881 bits per heavy atom. The van der Waals surface area contributed by atoms with E-state index >= 15 is 0 Å². The van der Waals surface area contributed by atoms with Gasteiger partial charge in [0.25, 0.3) is 0 Å². The van der Waals surface area contributed by atoms with Crippen molar-refractivity contribution in [3.63, 3.8) is 0 Å². The lowest BCUT2D eigenvalue weighted by Crippen LogP contribution is -2.05. The number of pyridine rings is 2. The van der Waals surface area contributed by atoms with E-state index in [1.54, 1.807) is 0 Å². The van der Waals surface area contributed by atoms with Crippen molar-refractivity contribution < 1.29 is 17.6 Å². The van der Waals surface area contributed by atoms with Crippen LogP contribution < -0.4 is 10.6 Å². The first-order valence-corrected chi connectivity index (χ1v) is 14.3. The van der Waals surface area contributed by atoms with Crippen LogP contribution in [0.4, 0.5) is 28.9 Å². The highest BCUT2D eigenvalue weighted by Gasteiger charge is 2.15. The molecule has 0 saturated carbocycles. The number of benzene rings is 4. The standard InChI is InChI=1S/C34H30F4N4/c35-21-17-25-31(23-11-5-7-13-29(23)41-33(25)27(37)19-21)39-15-9-3-1-2-4-10-16-40-32-24-12-6-8-14-30(24)42-34-26(32)18-22(36)20-28(34)38/h5-8,11-14,17-20H,1-4,9-10,15-16H2,(H,39,41)(H,40,42). The molecule has 0 unspecified atom stereocenters. The maximum absolute atomic E-state index is 14.5. The van der Waals surface area contributed by atoms with Gasteiger partial charge in [-0.1, -0.05) is 62.1 Å². The van der Waals surface area contributed by atoms with Gasteiger partial charge < -0.3 is 10.6 Å². The number of nitrogens with one attached hydrogen (secondary N) is 2. The minimum Gasteiger partial charge on any atom is -0.384 e. The summed E-state index contributed by atoms with van der Waals surface area (Å²) in [6, 6.07) is 19.3. The number of halogens is 4. The first kappa shape index (κ1) is 27.7. The molecule has 2 N–H and O–H groups in total. The van der Waals surface area contributed by atoms with Crippen LogP contribution in [0, 0.1) is 23.3 Å². The molecule has 0 saturated heterocycles. The summed E-state index contributed by atoms with van der Waals surface area (Å²) in [6.45, 7) is 1.36. The van der Waals surface area contributed by atoms with Gasteiger partial charge in [-0.25, -0.2) is 27.5 Å². The van der Waals surface area contributed by atoms with Gasteiger partial charge in [-0.3, -0.25) is 0 Å². The molecule has 42 heavy (non-hydrogen) atoms. The molecule has 0 spiro atoms. The Hall–Kier alpha value is -4.46. The number of nitrogens with zero attached hydrogens (tertiary/aromatic N) is 2. The molecule has 6 rings (SSSR count). The first-order chi connectivity index (χ1) is 20.5. The molecule has 2 aromatic heterocycles. The summed E-state index contributed by atoms with van der Waals surface area (Å²) in [5, 5.41) is 9.38. The normalized spacial score (nSPS) is 11.6. The molecular formula is C34H30F4N4. The zero-order valence-corrected chi connectivity index (χ0v) is 23.0. The minimum atomic E-state index is -0.669. The van der Waals surface area contributed by atoms with Crippen molar-refractivity contribution in [1.82, 2.24) is 9.97 Å². The maximum atomic E-state index is 14.5. The molecule has 4 aromatic carbocycles. The number of hydrogen-bond donors (Lipinski definition) is 2. The maximum Gasteiger partial charge on any atom is 0.152 e. The van der Waals surface area contributed by atoms with Crippen LogP contribution in [0.3, 0.4) is 0 Å². The van der Waals surface area contributed by atoms with Crippen molar-refractivity contribution in [1.29, 1.82) is 0 Å². The summed E-state index contributed by atoms with van der Waals surface area (Å²) in [4.78, 5) is 8.81. The summed E-state index contributed by atoms with van der Waals surface area (Å²) in [6.07, 6.45) is 5.98.